The van der Waals surface area contributed by atoms with Crippen molar-refractivity contribution in [3.05, 3.63) is 36.0 Å². The van der Waals surface area contributed by atoms with Gasteiger partial charge in [0.25, 0.3) is 0 Å². The van der Waals surface area contributed by atoms with Gasteiger partial charge >= 0.3 is 0 Å². The SMILES string of the molecule is CCCCC(=O)N(Cc1cc(-c2ccccc2OC)on1)C1CC1. The number of benzene rings is 1. The highest BCUT2D eigenvalue weighted by Crippen LogP contribution is 2.32. The number of carbonyl (C=O) groups is 1. The third-order valence-electron chi connectivity index (χ3n) is 4.32. The zero-order chi connectivity index (χ0) is 16.9. The number of carbonyl (C=O) groups excluding carboxylic acids is 1. The zero-order valence-electron chi connectivity index (χ0n) is 14.3. The summed E-state index contributed by atoms with van der Waals surface area (Å²) in [6, 6.07) is 9.96. The molecular weight excluding hydrogens is 304 g/mol. The monoisotopic (exact) mass is 328 g/mol. The van der Waals surface area contributed by atoms with Gasteiger partial charge in [-0.15, -0.1) is 0 Å². The van der Waals surface area contributed by atoms with Crippen LogP contribution in [0.1, 0.15) is 44.7 Å². The van der Waals surface area contributed by atoms with Crippen LogP contribution in [0, 0.1) is 0 Å². The van der Waals surface area contributed by atoms with Gasteiger partial charge in [0.1, 0.15) is 11.4 Å². The van der Waals surface area contributed by atoms with Crippen LogP contribution in [0.2, 0.25) is 0 Å². The summed E-state index contributed by atoms with van der Waals surface area (Å²) in [6.07, 6.45) is 4.77. The predicted octanol–water partition coefficient (Wildman–Crippen LogP) is 4.03. The Kier molecular flexibility index (Phi) is 5.18. The summed E-state index contributed by atoms with van der Waals surface area (Å²) in [7, 11) is 1.64. The van der Waals surface area contributed by atoms with Crippen LogP contribution < -0.4 is 4.74 Å². The summed E-state index contributed by atoms with van der Waals surface area (Å²) in [4.78, 5) is 14.4. The molecule has 5 heteroatoms. The number of aromatic nitrogens is 1. The molecule has 1 saturated carbocycles. The lowest BCUT2D eigenvalue weighted by molar-refractivity contribution is -0.132. The number of nitrogens with zero attached hydrogens (tertiary/aromatic N) is 2. The fourth-order valence-electron chi connectivity index (χ4n) is 2.81. The molecule has 0 atom stereocenters. The minimum atomic E-state index is 0.223. The largest absolute Gasteiger partial charge is 0.496 e. The van der Waals surface area contributed by atoms with E-state index in [1.807, 2.05) is 35.2 Å². The highest BCUT2D eigenvalue weighted by molar-refractivity contribution is 5.77. The average Bonchev–Trinajstić information content (AvgIpc) is 3.35. The van der Waals surface area contributed by atoms with Gasteiger partial charge in [0.2, 0.25) is 5.91 Å². The summed E-state index contributed by atoms with van der Waals surface area (Å²) in [5.41, 5.74) is 1.65. The Morgan fingerprint density at radius 3 is 2.88 bits per heavy atom. The highest BCUT2D eigenvalue weighted by Gasteiger charge is 2.32. The summed E-state index contributed by atoms with van der Waals surface area (Å²) in [5, 5.41) is 4.16. The smallest absolute Gasteiger partial charge is 0.223 e. The number of methoxy groups -OCH3 is 1. The van der Waals surface area contributed by atoms with Gasteiger partial charge in [-0.1, -0.05) is 30.6 Å². The quantitative estimate of drug-likeness (QED) is 0.734. The van der Waals surface area contributed by atoms with Crippen molar-refractivity contribution >= 4 is 5.91 Å². The lowest BCUT2D eigenvalue weighted by atomic mass is 10.1. The average molecular weight is 328 g/mol. The first-order valence-electron chi connectivity index (χ1n) is 8.61. The van der Waals surface area contributed by atoms with E-state index in [1.165, 1.54) is 0 Å². The Labute approximate surface area is 142 Å². The highest BCUT2D eigenvalue weighted by atomic mass is 16.5. The Balaban J connectivity index is 1.73. The summed E-state index contributed by atoms with van der Waals surface area (Å²) in [6.45, 7) is 2.62. The number of hydrogen-bond acceptors (Lipinski definition) is 4. The van der Waals surface area contributed by atoms with Crippen LogP contribution in [0.15, 0.2) is 34.9 Å². The molecule has 0 unspecified atom stereocenters. The third-order valence-corrected chi connectivity index (χ3v) is 4.32. The van der Waals surface area contributed by atoms with E-state index in [9.17, 15) is 4.79 Å². The van der Waals surface area contributed by atoms with Crippen LogP contribution in [0.25, 0.3) is 11.3 Å². The Morgan fingerprint density at radius 1 is 1.38 bits per heavy atom. The fourth-order valence-corrected chi connectivity index (χ4v) is 2.81. The van der Waals surface area contributed by atoms with Gasteiger partial charge < -0.3 is 14.2 Å². The van der Waals surface area contributed by atoms with Crippen molar-refractivity contribution in [1.29, 1.82) is 0 Å². The van der Waals surface area contributed by atoms with Crippen molar-refractivity contribution in [3.8, 4) is 17.1 Å². The van der Waals surface area contributed by atoms with Gasteiger partial charge in [-0.2, -0.15) is 0 Å². The molecule has 1 amide bonds. The van der Waals surface area contributed by atoms with E-state index in [0.717, 1.165) is 42.7 Å². The molecule has 1 fully saturated rings. The summed E-state index contributed by atoms with van der Waals surface area (Å²) < 4.78 is 10.9. The molecule has 1 aromatic carbocycles. The lowest BCUT2D eigenvalue weighted by Gasteiger charge is -2.21. The van der Waals surface area contributed by atoms with Gasteiger partial charge in [-0.05, 0) is 31.4 Å². The molecule has 1 aromatic heterocycles. The molecule has 0 saturated heterocycles. The molecule has 0 bridgehead atoms. The molecule has 5 nitrogen and oxygen atoms in total. The second kappa shape index (κ2) is 7.51. The fraction of sp³-hybridized carbons (Fsp3) is 0.474. The van der Waals surface area contributed by atoms with Gasteiger partial charge in [0.15, 0.2) is 5.76 Å². The van der Waals surface area contributed by atoms with Crippen molar-refractivity contribution in [1.82, 2.24) is 10.1 Å². The summed E-state index contributed by atoms with van der Waals surface area (Å²) in [5.74, 6) is 1.64. The third kappa shape index (κ3) is 3.78. The van der Waals surface area contributed by atoms with Crippen LogP contribution in [0.5, 0.6) is 5.75 Å². The van der Waals surface area contributed by atoms with E-state index in [-0.39, 0.29) is 5.91 Å². The normalized spacial score (nSPS) is 13.8. The first kappa shape index (κ1) is 16.6. The van der Waals surface area contributed by atoms with E-state index in [1.54, 1.807) is 7.11 Å². The van der Waals surface area contributed by atoms with Crippen LogP contribution >= 0.6 is 0 Å². The Hall–Kier alpha value is -2.30. The molecule has 1 aliphatic carbocycles. The standard InChI is InChI=1S/C19H24N2O3/c1-3-4-9-19(22)21(15-10-11-15)13-14-12-18(24-20-14)16-7-5-6-8-17(16)23-2/h5-8,12,15H,3-4,9-11,13H2,1-2H3. The van der Waals surface area contributed by atoms with Crippen LogP contribution in [0.3, 0.4) is 0 Å². The van der Waals surface area contributed by atoms with E-state index in [4.69, 9.17) is 9.26 Å². The van der Waals surface area contributed by atoms with Gasteiger partial charge in [-0.25, -0.2) is 0 Å². The Bertz CT molecular complexity index is 691. The van der Waals surface area contributed by atoms with Crippen LogP contribution in [0.4, 0.5) is 0 Å². The van der Waals surface area contributed by atoms with E-state index in [2.05, 4.69) is 12.1 Å². The number of amides is 1. The summed E-state index contributed by atoms with van der Waals surface area (Å²) >= 11 is 0. The molecule has 0 spiro atoms. The number of para-hydroxylation sites is 1. The lowest BCUT2D eigenvalue weighted by Crippen LogP contribution is -2.32. The van der Waals surface area contributed by atoms with Gasteiger partial charge in [0.05, 0.1) is 19.2 Å². The first-order chi connectivity index (χ1) is 11.7. The molecule has 1 aliphatic rings. The molecule has 3 rings (SSSR count). The number of rotatable bonds is 8. The zero-order valence-corrected chi connectivity index (χ0v) is 14.3. The van der Waals surface area contributed by atoms with E-state index in [0.29, 0.717) is 24.8 Å². The van der Waals surface area contributed by atoms with Crippen molar-refractivity contribution in [2.24, 2.45) is 0 Å². The first-order valence-corrected chi connectivity index (χ1v) is 8.61. The second-order valence-corrected chi connectivity index (χ2v) is 6.24. The van der Waals surface area contributed by atoms with Gasteiger partial charge in [0, 0.05) is 18.5 Å². The van der Waals surface area contributed by atoms with Crippen molar-refractivity contribution < 1.29 is 14.1 Å². The molecule has 0 N–H and O–H groups in total. The van der Waals surface area contributed by atoms with Crippen molar-refractivity contribution in [2.75, 3.05) is 7.11 Å². The molecule has 2 aromatic rings. The van der Waals surface area contributed by atoms with Crippen LogP contribution in [-0.2, 0) is 11.3 Å². The topological polar surface area (TPSA) is 55.6 Å². The number of ether oxygens (including phenoxy) is 1. The molecule has 1 heterocycles. The minimum Gasteiger partial charge on any atom is -0.496 e. The second-order valence-electron chi connectivity index (χ2n) is 6.24. The van der Waals surface area contributed by atoms with E-state index >= 15 is 0 Å². The number of hydrogen-bond donors (Lipinski definition) is 0. The maximum absolute atomic E-state index is 12.4. The molecule has 0 radical (unpaired) electrons. The molecule has 24 heavy (non-hydrogen) atoms. The maximum atomic E-state index is 12.4. The predicted molar refractivity (Wildman–Crippen MR) is 91.6 cm³/mol. The van der Waals surface area contributed by atoms with E-state index < -0.39 is 0 Å². The van der Waals surface area contributed by atoms with Crippen molar-refractivity contribution in [2.45, 2.75) is 51.6 Å². The minimum absolute atomic E-state index is 0.223. The maximum Gasteiger partial charge on any atom is 0.223 e. The van der Waals surface area contributed by atoms with Gasteiger partial charge in [-0.3, -0.25) is 4.79 Å². The molecular formula is C19H24N2O3. The molecule has 128 valence electrons. The number of unbranched alkanes of at least 4 members (excludes halogenated alkanes) is 1. The van der Waals surface area contributed by atoms with Crippen molar-refractivity contribution in [3.63, 3.8) is 0 Å². The van der Waals surface area contributed by atoms with Crippen LogP contribution in [-0.4, -0.2) is 29.1 Å². The molecule has 0 aliphatic heterocycles. The Morgan fingerprint density at radius 2 is 2.17 bits per heavy atom.